The second kappa shape index (κ2) is 6.53. The van der Waals surface area contributed by atoms with Crippen LogP contribution in [0.2, 0.25) is 0 Å². The van der Waals surface area contributed by atoms with Crippen LogP contribution >= 0.6 is 0 Å². The zero-order valence-corrected chi connectivity index (χ0v) is 12.2. The van der Waals surface area contributed by atoms with E-state index in [1.54, 1.807) is 7.05 Å². The number of hydrogen-bond donors (Lipinski definition) is 2. The van der Waals surface area contributed by atoms with Crippen molar-refractivity contribution < 1.29 is 9.53 Å². The predicted molar refractivity (Wildman–Crippen MR) is 73.2 cm³/mol. The van der Waals surface area contributed by atoms with E-state index in [1.807, 2.05) is 6.92 Å². The molecule has 3 N–H and O–H groups in total. The van der Waals surface area contributed by atoms with E-state index < -0.39 is 5.54 Å². The number of primary amides is 1. The highest BCUT2D eigenvalue weighted by Gasteiger charge is 2.30. The number of amides is 1. The fraction of sp³-hybridized carbons (Fsp3) is 0.929. The molecule has 0 heterocycles. The Kier molecular flexibility index (Phi) is 5.60. The lowest BCUT2D eigenvalue weighted by molar-refractivity contribution is -0.124. The molecule has 1 saturated carbocycles. The Morgan fingerprint density at radius 2 is 1.89 bits per heavy atom. The van der Waals surface area contributed by atoms with Crippen molar-refractivity contribution in [1.82, 2.24) is 5.32 Å². The van der Waals surface area contributed by atoms with Gasteiger partial charge in [-0.3, -0.25) is 4.79 Å². The summed E-state index contributed by atoms with van der Waals surface area (Å²) in [6, 6.07) is 0. The maximum atomic E-state index is 11.3. The third-order valence-corrected chi connectivity index (χ3v) is 4.19. The van der Waals surface area contributed by atoms with Crippen molar-refractivity contribution in [2.45, 2.75) is 58.1 Å². The fourth-order valence-corrected chi connectivity index (χ4v) is 2.81. The third kappa shape index (κ3) is 4.25. The summed E-state index contributed by atoms with van der Waals surface area (Å²) >= 11 is 0. The minimum absolute atomic E-state index is 0.320. The van der Waals surface area contributed by atoms with E-state index in [9.17, 15) is 4.79 Å². The zero-order valence-electron chi connectivity index (χ0n) is 12.2. The standard InChI is InChI=1S/C14H28N2O2/c1-10-7-11(2)9-12(8-10)18-6-5-14(3,16-4)13(15)17/h10-12,16H,5-9H2,1-4H3,(H2,15,17). The van der Waals surface area contributed by atoms with Crippen LogP contribution in [0.3, 0.4) is 0 Å². The monoisotopic (exact) mass is 256 g/mol. The molecule has 0 aliphatic heterocycles. The van der Waals surface area contributed by atoms with Gasteiger partial charge in [-0.15, -0.1) is 0 Å². The highest BCUT2D eigenvalue weighted by Crippen LogP contribution is 2.30. The third-order valence-electron chi connectivity index (χ3n) is 4.19. The lowest BCUT2D eigenvalue weighted by Gasteiger charge is -2.32. The molecule has 18 heavy (non-hydrogen) atoms. The number of carbonyl (C=O) groups is 1. The molecule has 0 aromatic rings. The van der Waals surface area contributed by atoms with Crippen LogP contribution in [0.4, 0.5) is 0 Å². The molecule has 0 radical (unpaired) electrons. The van der Waals surface area contributed by atoms with Gasteiger partial charge in [-0.1, -0.05) is 13.8 Å². The van der Waals surface area contributed by atoms with Gasteiger partial charge in [-0.05, 0) is 51.5 Å². The van der Waals surface area contributed by atoms with E-state index in [-0.39, 0.29) is 5.91 Å². The second-order valence-corrected chi connectivity index (χ2v) is 6.11. The van der Waals surface area contributed by atoms with E-state index in [4.69, 9.17) is 10.5 Å². The minimum atomic E-state index is -0.661. The van der Waals surface area contributed by atoms with E-state index in [0.29, 0.717) is 19.1 Å². The molecule has 0 aromatic carbocycles. The molecule has 3 unspecified atom stereocenters. The summed E-state index contributed by atoms with van der Waals surface area (Å²) in [7, 11) is 1.76. The number of carbonyl (C=O) groups excluding carboxylic acids is 1. The van der Waals surface area contributed by atoms with E-state index in [0.717, 1.165) is 24.7 Å². The fourth-order valence-electron chi connectivity index (χ4n) is 2.81. The van der Waals surface area contributed by atoms with Crippen molar-refractivity contribution in [2.75, 3.05) is 13.7 Å². The van der Waals surface area contributed by atoms with Gasteiger partial charge in [0.1, 0.15) is 0 Å². The number of likely N-dealkylation sites (N-methyl/N-ethyl adjacent to an activating group) is 1. The Hall–Kier alpha value is -0.610. The van der Waals surface area contributed by atoms with Crippen molar-refractivity contribution in [3.8, 4) is 0 Å². The SMILES string of the molecule is CNC(C)(CCOC1CC(C)CC(C)C1)C(N)=O. The van der Waals surface area contributed by atoms with E-state index in [1.165, 1.54) is 6.42 Å². The average Bonchev–Trinajstić information content (AvgIpc) is 2.27. The molecule has 1 amide bonds. The van der Waals surface area contributed by atoms with Gasteiger partial charge in [0.2, 0.25) is 5.91 Å². The van der Waals surface area contributed by atoms with Crippen LogP contribution in [0, 0.1) is 11.8 Å². The highest BCUT2D eigenvalue weighted by molar-refractivity contribution is 5.84. The van der Waals surface area contributed by atoms with Crippen molar-refractivity contribution in [3.63, 3.8) is 0 Å². The molecule has 0 aromatic heterocycles. The molecule has 1 aliphatic carbocycles. The molecule has 0 spiro atoms. The first-order chi connectivity index (χ1) is 8.37. The Labute approximate surface area is 111 Å². The normalized spacial score (nSPS) is 31.9. The lowest BCUT2D eigenvalue weighted by Crippen LogP contribution is -2.52. The molecule has 3 atom stereocenters. The zero-order chi connectivity index (χ0) is 13.8. The molecule has 1 fully saturated rings. The second-order valence-electron chi connectivity index (χ2n) is 6.11. The molecule has 4 heteroatoms. The molecule has 106 valence electrons. The first-order valence-electron chi connectivity index (χ1n) is 6.97. The Morgan fingerprint density at radius 3 is 2.33 bits per heavy atom. The summed E-state index contributed by atoms with van der Waals surface area (Å²) in [6.07, 6.45) is 4.54. The largest absolute Gasteiger partial charge is 0.378 e. The smallest absolute Gasteiger partial charge is 0.237 e. The van der Waals surface area contributed by atoms with E-state index in [2.05, 4.69) is 19.2 Å². The summed E-state index contributed by atoms with van der Waals surface area (Å²) in [5.41, 5.74) is 4.73. The van der Waals surface area contributed by atoms with Gasteiger partial charge in [-0.25, -0.2) is 0 Å². The Balaban J connectivity index is 2.35. The Morgan fingerprint density at radius 1 is 1.33 bits per heavy atom. The van der Waals surface area contributed by atoms with Gasteiger partial charge in [-0.2, -0.15) is 0 Å². The number of hydrogen-bond acceptors (Lipinski definition) is 3. The van der Waals surface area contributed by atoms with E-state index >= 15 is 0 Å². The summed E-state index contributed by atoms with van der Waals surface area (Å²) in [6.45, 7) is 6.98. The lowest BCUT2D eigenvalue weighted by atomic mass is 9.82. The van der Waals surface area contributed by atoms with Gasteiger partial charge in [0.05, 0.1) is 11.6 Å². The van der Waals surface area contributed by atoms with Crippen molar-refractivity contribution in [2.24, 2.45) is 17.6 Å². The van der Waals surface area contributed by atoms with Crippen LogP contribution in [0.1, 0.15) is 46.5 Å². The maximum absolute atomic E-state index is 11.3. The van der Waals surface area contributed by atoms with Crippen LogP contribution in [0.25, 0.3) is 0 Å². The molecule has 4 nitrogen and oxygen atoms in total. The number of rotatable bonds is 6. The number of nitrogens with one attached hydrogen (secondary N) is 1. The molecule has 1 aliphatic rings. The van der Waals surface area contributed by atoms with Crippen LogP contribution < -0.4 is 11.1 Å². The highest BCUT2D eigenvalue weighted by atomic mass is 16.5. The van der Waals surface area contributed by atoms with Gasteiger partial charge in [0.25, 0.3) is 0 Å². The van der Waals surface area contributed by atoms with Crippen LogP contribution in [0.5, 0.6) is 0 Å². The van der Waals surface area contributed by atoms with Crippen molar-refractivity contribution in [3.05, 3.63) is 0 Å². The van der Waals surface area contributed by atoms with Gasteiger partial charge < -0.3 is 15.8 Å². The van der Waals surface area contributed by atoms with Gasteiger partial charge in [0.15, 0.2) is 0 Å². The molecule has 1 rings (SSSR count). The molecular weight excluding hydrogens is 228 g/mol. The summed E-state index contributed by atoms with van der Waals surface area (Å²) < 4.78 is 5.92. The topological polar surface area (TPSA) is 64.3 Å². The average molecular weight is 256 g/mol. The first-order valence-corrected chi connectivity index (χ1v) is 6.97. The van der Waals surface area contributed by atoms with Crippen LogP contribution in [-0.4, -0.2) is 31.2 Å². The first kappa shape index (κ1) is 15.4. The Bertz CT molecular complexity index is 273. The summed E-state index contributed by atoms with van der Waals surface area (Å²) in [5.74, 6) is 1.16. The van der Waals surface area contributed by atoms with Gasteiger partial charge >= 0.3 is 0 Å². The molecular formula is C14H28N2O2. The van der Waals surface area contributed by atoms with Gasteiger partial charge in [0, 0.05) is 6.61 Å². The number of nitrogens with two attached hydrogens (primary N) is 1. The predicted octanol–water partition coefficient (Wildman–Crippen LogP) is 1.68. The summed E-state index contributed by atoms with van der Waals surface area (Å²) in [4.78, 5) is 11.3. The maximum Gasteiger partial charge on any atom is 0.237 e. The quantitative estimate of drug-likeness (QED) is 0.760. The van der Waals surface area contributed by atoms with Crippen LogP contribution in [0.15, 0.2) is 0 Å². The molecule has 0 saturated heterocycles. The summed E-state index contributed by atoms with van der Waals surface area (Å²) in [5, 5.41) is 2.98. The molecule has 0 bridgehead atoms. The van der Waals surface area contributed by atoms with Crippen molar-refractivity contribution >= 4 is 5.91 Å². The minimum Gasteiger partial charge on any atom is -0.378 e. The van der Waals surface area contributed by atoms with Crippen molar-refractivity contribution in [1.29, 1.82) is 0 Å². The number of ether oxygens (including phenoxy) is 1. The van der Waals surface area contributed by atoms with Crippen LogP contribution in [-0.2, 0) is 9.53 Å².